The average molecular weight is 462 g/mol. The number of hydrogen-bond acceptors (Lipinski definition) is 7. The van der Waals surface area contributed by atoms with Gasteiger partial charge in [-0.25, -0.2) is 9.97 Å². The predicted octanol–water partition coefficient (Wildman–Crippen LogP) is 5.14. The maximum Gasteiger partial charge on any atom is 0.280 e. The van der Waals surface area contributed by atoms with Crippen molar-refractivity contribution in [3.05, 3.63) is 83.4 Å². The van der Waals surface area contributed by atoms with Crippen LogP contribution in [-0.4, -0.2) is 33.0 Å². The Morgan fingerprint density at radius 3 is 2.62 bits per heavy atom. The van der Waals surface area contributed by atoms with Gasteiger partial charge in [-0.2, -0.15) is 0 Å². The minimum absolute atomic E-state index is 0.216. The molecule has 9 heteroatoms. The Hall–Kier alpha value is -3.62. The summed E-state index contributed by atoms with van der Waals surface area (Å²) in [5.74, 6) is 0.255. The number of pyridine rings is 1. The summed E-state index contributed by atoms with van der Waals surface area (Å²) in [5.41, 5.74) is 2.90. The highest BCUT2D eigenvalue weighted by Crippen LogP contribution is 2.39. The summed E-state index contributed by atoms with van der Waals surface area (Å²) >= 11 is 7.72. The van der Waals surface area contributed by atoms with Crippen molar-refractivity contribution in [2.24, 2.45) is 0 Å². The van der Waals surface area contributed by atoms with E-state index < -0.39 is 0 Å². The number of aromatic nitrogens is 4. The second kappa shape index (κ2) is 8.49. The number of fused-ring (bicyclic) bond motifs is 2. The number of benzene rings is 2. The summed E-state index contributed by atoms with van der Waals surface area (Å²) in [5, 5.41) is 1.01. The number of hydrogen-bond donors (Lipinski definition) is 0. The molecule has 158 valence electrons. The van der Waals surface area contributed by atoms with Gasteiger partial charge in [0.25, 0.3) is 5.91 Å². The Morgan fingerprint density at radius 2 is 1.84 bits per heavy atom. The molecule has 0 aliphatic carbocycles. The van der Waals surface area contributed by atoms with Gasteiger partial charge in [-0.15, -0.1) is 0 Å². The highest BCUT2D eigenvalue weighted by atomic mass is 35.5. The molecule has 0 saturated carbocycles. The van der Waals surface area contributed by atoms with Gasteiger partial charge >= 0.3 is 0 Å². The lowest BCUT2D eigenvalue weighted by Gasteiger charge is -2.19. The first-order valence-corrected chi connectivity index (χ1v) is 10.9. The number of halogens is 1. The topological polar surface area (TPSA) is 81.1 Å². The molecule has 0 N–H and O–H groups in total. The Kier molecular flexibility index (Phi) is 5.38. The SMILES string of the molecule is COc1ccc(Cl)c2sc(N(Cc3ccccn3)C(=O)c3cnc4ccccc4n3)nc12. The van der Waals surface area contributed by atoms with Crippen molar-refractivity contribution < 1.29 is 9.53 Å². The van der Waals surface area contributed by atoms with E-state index in [-0.39, 0.29) is 18.1 Å². The van der Waals surface area contributed by atoms with Crippen LogP contribution >= 0.6 is 22.9 Å². The summed E-state index contributed by atoms with van der Waals surface area (Å²) in [6.45, 7) is 0.216. The van der Waals surface area contributed by atoms with Crippen LogP contribution in [0, 0.1) is 0 Å². The first kappa shape index (κ1) is 20.3. The van der Waals surface area contributed by atoms with Gasteiger partial charge in [0, 0.05) is 6.20 Å². The van der Waals surface area contributed by atoms with Crippen molar-refractivity contribution in [1.82, 2.24) is 19.9 Å². The zero-order valence-corrected chi connectivity index (χ0v) is 18.5. The van der Waals surface area contributed by atoms with Gasteiger partial charge in [0.15, 0.2) is 5.13 Å². The second-order valence-corrected chi connectivity index (χ2v) is 8.26. The van der Waals surface area contributed by atoms with Gasteiger partial charge < -0.3 is 4.74 Å². The van der Waals surface area contributed by atoms with Crippen LogP contribution in [0.5, 0.6) is 5.75 Å². The number of rotatable bonds is 5. The molecule has 0 bridgehead atoms. The number of ether oxygens (including phenoxy) is 1. The van der Waals surface area contributed by atoms with E-state index in [0.717, 1.165) is 10.2 Å². The van der Waals surface area contributed by atoms with E-state index in [1.807, 2.05) is 42.5 Å². The van der Waals surface area contributed by atoms with Crippen molar-refractivity contribution in [1.29, 1.82) is 0 Å². The third-order valence-corrected chi connectivity index (χ3v) is 6.40. The van der Waals surface area contributed by atoms with E-state index in [4.69, 9.17) is 16.3 Å². The molecule has 5 rings (SSSR count). The van der Waals surface area contributed by atoms with Crippen LogP contribution in [0.1, 0.15) is 16.2 Å². The number of methoxy groups -OCH3 is 1. The van der Waals surface area contributed by atoms with Crippen molar-refractivity contribution in [2.45, 2.75) is 6.54 Å². The summed E-state index contributed by atoms with van der Waals surface area (Å²) in [6.07, 6.45) is 3.17. The zero-order valence-electron chi connectivity index (χ0n) is 16.9. The van der Waals surface area contributed by atoms with Crippen molar-refractivity contribution in [2.75, 3.05) is 12.0 Å². The number of para-hydroxylation sites is 2. The predicted molar refractivity (Wildman–Crippen MR) is 125 cm³/mol. The van der Waals surface area contributed by atoms with Gasteiger partial charge in [0.1, 0.15) is 17.0 Å². The van der Waals surface area contributed by atoms with E-state index in [9.17, 15) is 4.79 Å². The maximum atomic E-state index is 13.6. The molecule has 3 aromatic heterocycles. The van der Waals surface area contributed by atoms with Crippen LogP contribution in [0.25, 0.3) is 21.3 Å². The summed E-state index contributed by atoms with van der Waals surface area (Å²) in [7, 11) is 1.57. The van der Waals surface area contributed by atoms with Gasteiger partial charge in [-0.3, -0.25) is 19.7 Å². The minimum Gasteiger partial charge on any atom is -0.494 e. The quantitative estimate of drug-likeness (QED) is 0.360. The normalized spacial score (nSPS) is 11.1. The third kappa shape index (κ3) is 3.74. The lowest BCUT2D eigenvalue weighted by atomic mass is 10.2. The average Bonchev–Trinajstić information content (AvgIpc) is 3.29. The first-order chi connectivity index (χ1) is 15.6. The number of carbonyl (C=O) groups excluding carboxylic acids is 1. The fourth-order valence-corrected chi connectivity index (χ4v) is 4.55. The highest BCUT2D eigenvalue weighted by Gasteiger charge is 2.25. The molecule has 0 unspecified atom stereocenters. The van der Waals surface area contributed by atoms with Crippen LogP contribution in [0.15, 0.2) is 67.0 Å². The monoisotopic (exact) mass is 461 g/mol. The molecule has 0 saturated heterocycles. The molecule has 3 heterocycles. The van der Waals surface area contributed by atoms with E-state index >= 15 is 0 Å². The molecule has 0 aliphatic rings. The molecule has 2 aromatic carbocycles. The van der Waals surface area contributed by atoms with Crippen LogP contribution in [0.4, 0.5) is 5.13 Å². The molecule has 0 aliphatic heterocycles. The van der Waals surface area contributed by atoms with Gasteiger partial charge in [-0.05, 0) is 36.4 Å². The van der Waals surface area contributed by atoms with Crippen LogP contribution in [-0.2, 0) is 6.54 Å². The Morgan fingerprint density at radius 1 is 1.03 bits per heavy atom. The van der Waals surface area contributed by atoms with E-state index in [2.05, 4.69) is 19.9 Å². The number of amides is 1. The summed E-state index contributed by atoms with van der Waals surface area (Å²) in [6, 6.07) is 16.5. The molecule has 0 spiro atoms. The maximum absolute atomic E-state index is 13.6. The number of thiazole rings is 1. The van der Waals surface area contributed by atoms with Crippen molar-refractivity contribution in [3.8, 4) is 5.75 Å². The van der Waals surface area contributed by atoms with Crippen LogP contribution in [0.2, 0.25) is 5.02 Å². The van der Waals surface area contributed by atoms with Gasteiger partial charge in [0.2, 0.25) is 0 Å². The van der Waals surface area contributed by atoms with Gasteiger partial charge in [-0.1, -0.05) is 41.1 Å². The lowest BCUT2D eigenvalue weighted by molar-refractivity contribution is 0.0980. The molecule has 0 radical (unpaired) electrons. The highest BCUT2D eigenvalue weighted by molar-refractivity contribution is 7.23. The molecule has 5 aromatic rings. The van der Waals surface area contributed by atoms with Crippen molar-refractivity contribution in [3.63, 3.8) is 0 Å². The Labute approximate surface area is 192 Å². The molecule has 0 atom stereocenters. The summed E-state index contributed by atoms with van der Waals surface area (Å²) < 4.78 is 6.17. The largest absolute Gasteiger partial charge is 0.494 e. The van der Waals surface area contributed by atoms with E-state index in [1.54, 1.807) is 30.3 Å². The fourth-order valence-electron chi connectivity index (χ4n) is 3.30. The standard InChI is InChI=1S/C23H16ClN5O2S/c1-31-19-10-9-15(24)21-20(19)28-23(32-21)29(13-14-6-4-5-11-25-14)22(30)18-12-26-16-7-2-3-8-17(16)27-18/h2-12H,13H2,1H3. The number of nitrogens with zero attached hydrogens (tertiary/aromatic N) is 5. The Bertz CT molecular complexity index is 1440. The fraction of sp³-hybridized carbons (Fsp3) is 0.0870. The molecular formula is C23H16ClN5O2S. The smallest absolute Gasteiger partial charge is 0.280 e. The lowest BCUT2D eigenvalue weighted by Crippen LogP contribution is -2.31. The molecule has 0 fully saturated rings. The van der Waals surface area contributed by atoms with Gasteiger partial charge in [0.05, 0.1) is 46.3 Å². The summed E-state index contributed by atoms with van der Waals surface area (Å²) in [4.78, 5) is 33.1. The van der Waals surface area contributed by atoms with Crippen molar-refractivity contribution >= 4 is 55.2 Å². The molecule has 7 nitrogen and oxygen atoms in total. The number of anilines is 1. The second-order valence-electron chi connectivity index (χ2n) is 6.88. The van der Waals surface area contributed by atoms with E-state index in [1.165, 1.54) is 17.5 Å². The van der Waals surface area contributed by atoms with E-state index in [0.29, 0.717) is 32.6 Å². The van der Waals surface area contributed by atoms with Crippen LogP contribution < -0.4 is 9.64 Å². The molecule has 32 heavy (non-hydrogen) atoms. The third-order valence-electron chi connectivity index (χ3n) is 4.86. The van der Waals surface area contributed by atoms with Crippen LogP contribution in [0.3, 0.4) is 0 Å². The zero-order chi connectivity index (χ0) is 22.1. The minimum atomic E-state index is -0.331. The Balaban J connectivity index is 1.62. The molecule has 1 amide bonds. The molecular weight excluding hydrogens is 446 g/mol. The first-order valence-electron chi connectivity index (χ1n) is 9.70. The number of carbonyl (C=O) groups is 1.